The summed E-state index contributed by atoms with van der Waals surface area (Å²) in [5.74, 6) is -1.48. The molecule has 3 heterocycles. The summed E-state index contributed by atoms with van der Waals surface area (Å²) in [4.78, 5) is 37.4. The van der Waals surface area contributed by atoms with Gasteiger partial charge in [-0.15, -0.1) is 0 Å². The van der Waals surface area contributed by atoms with Crippen LogP contribution in [0.2, 0.25) is 10.0 Å². The number of para-hydroxylation sites is 2. The SMILES string of the molecule is CC(=O)O[C@@H]1C(C)=C[C@@H]2[C@H](C(C)CN3CCN(c4ccccc4Cl)CC3)CC[C@@H](C)[C@]2(O)[C@H]1OC(=O)[C@@H]1C[C@@]2(O)c3cccc(Cl)c3N(C)O[C@H]2N1. The summed E-state index contributed by atoms with van der Waals surface area (Å²) >= 11 is 13.0. The maximum Gasteiger partial charge on any atom is 0.323 e. The lowest BCUT2D eigenvalue weighted by atomic mass is 9.55. The molecule has 282 valence electrons. The third-order valence-corrected chi connectivity index (χ3v) is 13.0. The molecule has 3 aliphatic heterocycles. The number of carbonyl (C=O) groups is 2. The first kappa shape index (κ1) is 37.4. The Labute approximate surface area is 315 Å². The van der Waals surface area contributed by atoms with Crippen molar-refractivity contribution in [1.29, 1.82) is 0 Å². The molecule has 3 fully saturated rings. The number of hydroxylamine groups is 1. The number of hydrogen-bond donors (Lipinski definition) is 3. The van der Waals surface area contributed by atoms with Crippen molar-refractivity contribution >= 4 is 46.5 Å². The van der Waals surface area contributed by atoms with Gasteiger partial charge in [-0.2, -0.15) is 0 Å². The molecule has 7 rings (SSSR count). The molecule has 0 bridgehead atoms. The van der Waals surface area contributed by atoms with Gasteiger partial charge in [-0.25, -0.2) is 0 Å². The van der Waals surface area contributed by atoms with Gasteiger partial charge in [0.1, 0.15) is 17.2 Å². The molecule has 0 amide bonds. The molecule has 52 heavy (non-hydrogen) atoms. The lowest BCUT2D eigenvalue weighted by Gasteiger charge is -2.56. The van der Waals surface area contributed by atoms with Crippen molar-refractivity contribution in [2.24, 2.45) is 23.7 Å². The Bertz CT molecular complexity index is 1720. The Morgan fingerprint density at radius 3 is 2.46 bits per heavy atom. The van der Waals surface area contributed by atoms with Crippen molar-refractivity contribution in [2.75, 3.05) is 49.7 Å². The number of halogens is 2. The fourth-order valence-corrected chi connectivity index (χ4v) is 10.1. The maximum atomic E-state index is 14.2. The summed E-state index contributed by atoms with van der Waals surface area (Å²) in [6.45, 7) is 11.8. The first-order chi connectivity index (χ1) is 24.7. The molecule has 0 spiro atoms. The normalized spacial score (nSPS) is 35.2. The highest BCUT2D eigenvalue weighted by Crippen LogP contribution is 2.53. The fraction of sp³-hybridized carbons (Fsp3) is 0.590. The first-order valence-electron chi connectivity index (χ1n) is 18.4. The highest BCUT2D eigenvalue weighted by molar-refractivity contribution is 6.33. The average molecular weight is 758 g/mol. The summed E-state index contributed by atoms with van der Waals surface area (Å²) in [7, 11) is 1.69. The zero-order valence-electron chi connectivity index (χ0n) is 30.4. The molecule has 0 radical (unpaired) electrons. The van der Waals surface area contributed by atoms with E-state index in [0.717, 1.165) is 61.8 Å². The third kappa shape index (κ3) is 6.50. The highest BCUT2D eigenvalue weighted by atomic mass is 35.5. The fourth-order valence-electron chi connectivity index (χ4n) is 9.58. The van der Waals surface area contributed by atoms with Crippen molar-refractivity contribution in [3.05, 3.63) is 69.7 Å². The van der Waals surface area contributed by atoms with Crippen LogP contribution in [-0.2, 0) is 29.5 Å². The van der Waals surface area contributed by atoms with E-state index in [1.165, 1.54) is 12.0 Å². The Morgan fingerprint density at radius 2 is 1.75 bits per heavy atom. The van der Waals surface area contributed by atoms with E-state index < -0.39 is 47.6 Å². The summed E-state index contributed by atoms with van der Waals surface area (Å²) in [6.07, 6.45) is 0.566. The van der Waals surface area contributed by atoms with Gasteiger partial charge >= 0.3 is 11.9 Å². The van der Waals surface area contributed by atoms with E-state index in [1.54, 1.807) is 25.2 Å². The quantitative estimate of drug-likeness (QED) is 0.264. The summed E-state index contributed by atoms with van der Waals surface area (Å²) in [5.41, 5.74) is -0.208. The van der Waals surface area contributed by atoms with Crippen LogP contribution in [0.3, 0.4) is 0 Å². The molecule has 3 N–H and O–H groups in total. The van der Waals surface area contributed by atoms with Crippen LogP contribution >= 0.6 is 23.2 Å². The van der Waals surface area contributed by atoms with Gasteiger partial charge in [0.05, 0.1) is 21.4 Å². The lowest BCUT2D eigenvalue weighted by molar-refractivity contribution is -0.225. The van der Waals surface area contributed by atoms with E-state index in [9.17, 15) is 19.8 Å². The number of aliphatic hydroxyl groups is 2. The molecule has 2 saturated heterocycles. The third-order valence-electron chi connectivity index (χ3n) is 12.3. The molecule has 1 saturated carbocycles. The molecule has 11 nitrogen and oxygen atoms in total. The molecule has 5 aliphatic rings. The van der Waals surface area contributed by atoms with Gasteiger partial charge in [-0.3, -0.25) is 29.7 Å². The lowest BCUT2D eigenvalue weighted by Crippen LogP contribution is -2.66. The second kappa shape index (κ2) is 14.4. The summed E-state index contributed by atoms with van der Waals surface area (Å²) in [5, 5.41) is 30.6. The molecule has 2 aromatic carbocycles. The number of piperazine rings is 1. The number of benzene rings is 2. The molecule has 1 unspecified atom stereocenters. The van der Waals surface area contributed by atoms with E-state index >= 15 is 0 Å². The Kier molecular flexibility index (Phi) is 10.4. The predicted molar refractivity (Wildman–Crippen MR) is 199 cm³/mol. The molecular formula is C39H50Cl2N4O7. The van der Waals surface area contributed by atoms with Gasteiger partial charge in [0, 0.05) is 64.6 Å². The largest absolute Gasteiger partial charge is 0.454 e. The second-order valence-electron chi connectivity index (χ2n) is 15.5. The Hall–Kier alpha value is -2.90. The van der Waals surface area contributed by atoms with E-state index in [2.05, 4.69) is 34.2 Å². The zero-order valence-corrected chi connectivity index (χ0v) is 31.9. The van der Waals surface area contributed by atoms with Gasteiger partial charge in [0.2, 0.25) is 0 Å². The highest BCUT2D eigenvalue weighted by Gasteiger charge is 2.62. The van der Waals surface area contributed by atoms with E-state index in [4.69, 9.17) is 37.5 Å². The van der Waals surface area contributed by atoms with Crippen LogP contribution in [0.4, 0.5) is 11.4 Å². The van der Waals surface area contributed by atoms with Crippen LogP contribution in [0.25, 0.3) is 0 Å². The molecule has 13 heteroatoms. The summed E-state index contributed by atoms with van der Waals surface area (Å²) < 4.78 is 12.2. The number of anilines is 2. The number of hydrogen-bond acceptors (Lipinski definition) is 11. The van der Waals surface area contributed by atoms with Crippen LogP contribution in [0.5, 0.6) is 0 Å². The van der Waals surface area contributed by atoms with Gasteiger partial charge in [-0.1, -0.05) is 67.4 Å². The van der Waals surface area contributed by atoms with Crippen LogP contribution in [0, 0.1) is 23.7 Å². The van der Waals surface area contributed by atoms with Gasteiger partial charge in [-0.05, 0) is 61.3 Å². The van der Waals surface area contributed by atoms with Crippen molar-refractivity contribution in [1.82, 2.24) is 10.2 Å². The van der Waals surface area contributed by atoms with Gasteiger partial charge < -0.3 is 24.6 Å². The summed E-state index contributed by atoms with van der Waals surface area (Å²) in [6, 6.07) is 12.2. The first-order valence-corrected chi connectivity index (χ1v) is 19.2. The molecule has 2 aromatic rings. The van der Waals surface area contributed by atoms with Crippen LogP contribution in [0.1, 0.15) is 52.5 Å². The van der Waals surface area contributed by atoms with E-state index in [0.29, 0.717) is 16.3 Å². The maximum absolute atomic E-state index is 14.2. The molecular weight excluding hydrogens is 707 g/mol. The van der Waals surface area contributed by atoms with Crippen molar-refractivity contribution in [3.8, 4) is 0 Å². The van der Waals surface area contributed by atoms with Gasteiger partial charge in [0.25, 0.3) is 0 Å². The number of nitrogens with one attached hydrogen (secondary N) is 1. The smallest absolute Gasteiger partial charge is 0.323 e. The average Bonchev–Trinajstić information content (AvgIpc) is 3.45. The monoisotopic (exact) mass is 756 g/mol. The number of nitrogens with zero attached hydrogens (tertiary/aromatic N) is 3. The molecule has 0 aromatic heterocycles. The Balaban J connectivity index is 1.10. The minimum Gasteiger partial charge on any atom is -0.454 e. The van der Waals surface area contributed by atoms with Crippen LogP contribution in [0.15, 0.2) is 54.1 Å². The molecule has 10 atom stereocenters. The minimum atomic E-state index is -1.56. The predicted octanol–water partition coefficient (Wildman–Crippen LogP) is 4.91. The minimum absolute atomic E-state index is 0.0434. The topological polar surface area (TPSA) is 124 Å². The van der Waals surface area contributed by atoms with Crippen LogP contribution in [-0.4, -0.2) is 96.9 Å². The van der Waals surface area contributed by atoms with Crippen molar-refractivity contribution in [3.63, 3.8) is 0 Å². The van der Waals surface area contributed by atoms with Gasteiger partial charge in [0.15, 0.2) is 18.4 Å². The van der Waals surface area contributed by atoms with Crippen molar-refractivity contribution in [2.45, 2.75) is 82.6 Å². The number of ether oxygens (including phenoxy) is 2. The number of fused-ring (bicyclic) bond motifs is 4. The van der Waals surface area contributed by atoms with Crippen molar-refractivity contribution < 1.29 is 34.1 Å². The van der Waals surface area contributed by atoms with E-state index in [-0.39, 0.29) is 30.1 Å². The number of carbonyl (C=O) groups excluding carboxylic acids is 2. The number of esters is 2. The standard InChI is InChI=1S/C39H50Cl2N4O7/c1-22-19-28-26(23(2)21-44-15-17-45(18-16-44)32-12-7-6-10-29(32)40)14-13-24(3)39(28,49)35(34(22)50-25(4)46)51-36(47)31-20-38(48)27-9-8-11-30(41)33(27)43(5)52-37(38)42-31/h6-12,19,23-24,26,28,31,34-35,37,42,48-49H,13-18,20-21H2,1-5H3/t23?,24-,26+,28-,31+,34-,35+,37-,38-,39-/m1/s1. The Morgan fingerprint density at radius 1 is 1.04 bits per heavy atom. The molecule has 2 aliphatic carbocycles. The zero-order chi connectivity index (χ0) is 37.1. The van der Waals surface area contributed by atoms with E-state index in [1.807, 2.05) is 32.0 Å². The second-order valence-corrected chi connectivity index (χ2v) is 16.4. The van der Waals surface area contributed by atoms with Crippen LogP contribution < -0.4 is 15.3 Å². The number of rotatable bonds is 7.